The van der Waals surface area contributed by atoms with Crippen LogP contribution in [0.3, 0.4) is 0 Å². The fraction of sp³-hybridized carbons (Fsp3) is 0.217. The molecule has 0 saturated carbocycles. The predicted octanol–water partition coefficient (Wildman–Crippen LogP) is 3.38. The van der Waals surface area contributed by atoms with Gasteiger partial charge in [0, 0.05) is 39.7 Å². The van der Waals surface area contributed by atoms with E-state index in [9.17, 15) is 9.59 Å². The zero-order valence-electron chi connectivity index (χ0n) is 17.8. The molecule has 3 rings (SSSR count). The fourth-order valence-electron chi connectivity index (χ4n) is 2.87. The average Bonchev–Trinajstić information content (AvgIpc) is 2.75. The summed E-state index contributed by atoms with van der Waals surface area (Å²) in [7, 11) is 3.64. The second kappa shape index (κ2) is 10.2. The Morgan fingerprint density at radius 1 is 1.00 bits per heavy atom. The molecule has 0 saturated heterocycles. The predicted molar refractivity (Wildman–Crippen MR) is 119 cm³/mol. The summed E-state index contributed by atoms with van der Waals surface area (Å²) in [6.45, 7) is 1.80. The average molecular weight is 419 g/mol. The van der Waals surface area contributed by atoms with Gasteiger partial charge in [0.1, 0.15) is 5.82 Å². The van der Waals surface area contributed by atoms with Crippen LogP contribution < -0.4 is 20.3 Å². The van der Waals surface area contributed by atoms with Crippen LogP contribution in [0, 0.1) is 0 Å². The minimum atomic E-state index is -0.421. The van der Waals surface area contributed by atoms with Gasteiger partial charge in [-0.25, -0.2) is 14.8 Å². The highest BCUT2D eigenvalue weighted by Gasteiger charge is 2.13. The molecule has 2 N–H and O–H groups in total. The quantitative estimate of drug-likeness (QED) is 0.570. The molecule has 8 heteroatoms. The van der Waals surface area contributed by atoms with Crippen LogP contribution >= 0.6 is 0 Å². The fourth-order valence-corrected chi connectivity index (χ4v) is 2.87. The van der Waals surface area contributed by atoms with Crippen LogP contribution in [0.2, 0.25) is 0 Å². The zero-order chi connectivity index (χ0) is 22.2. The normalized spacial score (nSPS) is 10.3. The number of ether oxygens (including phenoxy) is 1. The summed E-state index contributed by atoms with van der Waals surface area (Å²) >= 11 is 0. The van der Waals surface area contributed by atoms with Gasteiger partial charge < -0.3 is 20.3 Å². The number of anilines is 2. The maximum absolute atomic E-state index is 12.1. The number of aromatic nitrogens is 2. The van der Waals surface area contributed by atoms with E-state index >= 15 is 0 Å². The summed E-state index contributed by atoms with van der Waals surface area (Å²) in [5.74, 6) is 1.03. The van der Waals surface area contributed by atoms with E-state index in [1.54, 1.807) is 4.90 Å². The van der Waals surface area contributed by atoms with Crippen LogP contribution in [0.15, 0.2) is 60.8 Å². The number of rotatable bonds is 7. The number of nitrogens with zero attached hydrogens (tertiary/aromatic N) is 3. The van der Waals surface area contributed by atoms with E-state index < -0.39 is 5.97 Å². The molecule has 0 fully saturated rings. The van der Waals surface area contributed by atoms with Gasteiger partial charge in [-0.05, 0) is 23.3 Å². The molecule has 2 amide bonds. The number of hydrogen-bond donors (Lipinski definition) is 2. The lowest BCUT2D eigenvalue weighted by atomic mass is 10.1. The topological polar surface area (TPSA) is 96.4 Å². The zero-order valence-corrected chi connectivity index (χ0v) is 17.8. The largest absolute Gasteiger partial charge is 0.421 e. The summed E-state index contributed by atoms with van der Waals surface area (Å²) in [6, 6.07) is 16.9. The van der Waals surface area contributed by atoms with Crippen LogP contribution in [0.5, 0.6) is 5.75 Å². The van der Waals surface area contributed by atoms with E-state index in [0.29, 0.717) is 36.0 Å². The molecular weight excluding hydrogens is 394 g/mol. The van der Waals surface area contributed by atoms with Crippen molar-refractivity contribution in [3.63, 3.8) is 0 Å². The lowest BCUT2D eigenvalue weighted by Crippen LogP contribution is -2.28. The number of benzene rings is 2. The first-order valence-corrected chi connectivity index (χ1v) is 9.80. The molecule has 0 aliphatic rings. The van der Waals surface area contributed by atoms with Crippen LogP contribution in [0.1, 0.15) is 23.9 Å². The minimum Gasteiger partial charge on any atom is -0.421 e. The van der Waals surface area contributed by atoms with Crippen molar-refractivity contribution < 1.29 is 14.3 Å². The van der Waals surface area contributed by atoms with E-state index in [0.717, 1.165) is 11.1 Å². The Balaban J connectivity index is 1.59. The van der Waals surface area contributed by atoms with Crippen molar-refractivity contribution in [3.8, 4) is 5.75 Å². The highest BCUT2D eigenvalue weighted by atomic mass is 16.5. The van der Waals surface area contributed by atoms with Crippen molar-refractivity contribution in [3.05, 3.63) is 77.7 Å². The van der Waals surface area contributed by atoms with Crippen molar-refractivity contribution in [2.45, 2.75) is 19.9 Å². The van der Waals surface area contributed by atoms with Crippen molar-refractivity contribution in [1.29, 1.82) is 0 Å². The van der Waals surface area contributed by atoms with Gasteiger partial charge in [-0.1, -0.05) is 42.5 Å². The third-order valence-corrected chi connectivity index (χ3v) is 4.33. The van der Waals surface area contributed by atoms with Gasteiger partial charge >= 0.3 is 12.0 Å². The number of esters is 1. The number of nitrogens with one attached hydrogen (secondary N) is 2. The smallest absolute Gasteiger partial charge is 0.319 e. The first-order valence-electron chi connectivity index (χ1n) is 9.80. The van der Waals surface area contributed by atoms with Gasteiger partial charge in [-0.2, -0.15) is 0 Å². The Morgan fingerprint density at radius 3 is 2.35 bits per heavy atom. The van der Waals surface area contributed by atoms with Crippen LogP contribution in [0.4, 0.5) is 16.3 Å². The number of amides is 2. The lowest BCUT2D eigenvalue weighted by Gasteiger charge is -2.16. The Bertz CT molecular complexity index is 1040. The van der Waals surface area contributed by atoms with E-state index in [1.807, 2.05) is 68.7 Å². The first-order chi connectivity index (χ1) is 14.9. The van der Waals surface area contributed by atoms with Gasteiger partial charge in [-0.15, -0.1) is 0 Å². The summed E-state index contributed by atoms with van der Waals surface area (Å²) in [5, 5.41) is 5.64. The van der Waals surface area contributed by atoms with E-state index in [1.165, 1.54) is 13.1 Å². The molecular formula is C23H25N5O3. The molecule has 1 heterocycles. The Labute approximate surface area is 181 Å². The van der Waals surface area contributed by atoms with Gasteiger partial charge in [0.2, 0.25) is 0 Å². The number of urea groups is 1. The third kappa shape index (κ3) is 6.53. The molecule has 1 aromatic heterocycles. The monoisotopic (exact) mass is 419 g/mol. The van der Waals surface area contributed by atoms with E-state index in [-0.39, 0.29) is 6.03 Å². The minimum absolute atomic E-state index is 0.267. The van der Waals surface area contributed by atoms with Gasteiger partial charge in [0.25, 0.3) is 0 Å². The SMILES string of the molecule is CC(=O)Oc1cnc(Cc2ccc(NC(=O)NCc3ccccc3)cc2)nc1N(C)C. The molecule has 160 valence electrons. The third-order valence-electron chi connectivity index (χ3n) is 4.33. The van der Waals surface area contributed by atoms with Gasteiger partial charge in [0.15, 0.2) is 11.6 Å². The number of carbonyl (C=O) groups excluding carboxylic acids is 2. The molecule has 0 aliphatic carbocycles. The maximum Gasteiger partial charge on any atom is 0.319 e. The molecule has 0 unspecified atom stereocenters. The summed E-state index contributed by atoms with van der Waals surface area (Å²) in [5.41, 5.74) is 2.71. The Kier molecular flexibility index (Phi) is 7.16. The van der Waals surface area contributed by atoms with Gasteiger partial charge in [-0.3, -0.25) is 4.79 Å². The van der Waals surface area contributed by atoms with Crippen molar-refractivity contribution in [2.24, 2.45) is 0 Å². The Morgan fingerprint density at radius 2 is 1.71 bits per heavy atom. The van der Waals surface area contributed by atoms with E-state index in [2.05, 4.69) is 20.6 Å². The highest BCUT2D eigenvalue weighted by molar-refractivity contribution is 5.89. The molecule has 3 aromatic rings. The van der Waals surface area contributed by atoms with Crippen molar-refractivity contribution in [1.82, 2.24) is 15.3 Å². The molecule has 0 aliphatic heterocycles. The molecule has 2 aromatic carbocycles. The first kappa shape index (κ1) is 21.8. The molecule has 0 spiro atoms. The summed E-state index contributed by atoms with van der Waals surface area (Å²) < 4.78 is 5.16. The number of carbonyl (C=O) groups is 2. The molecule has 0 atom stereocenters. The number of hydrogen-bond acceptors (Lipinski definition) is 6. The van der Waals surface area contributed by atoms with Crippen LogP contribution in [-0.4, -0.2) is 36.1 Å². The molecule has 31 heavy (non-hydrogen) atoms. The van der Waals surface area contributed by atoms with Crippen molar-refractivity contribution >= 4 is 23.5 Å². The second-order valence-corrected chi connectivity index (χ2v) is 7.13. The van der Waals surface area contributed by atoms with Crippen LogP contribution in [0.25, 0.3) is 0 Å². The van der Waals surface area contributed by atoms with E-state index in [4.69, 9.17) is 4.74 Å². The van der Waals surface area contributed by atoms with Crippen molar-refractivity contribution in [2.75, 3.05) is 24.3 Å². The Hall–Kier alpha value is -3.94. The summed E-state index contributed by atoms with van der Waals surface area (Å²) in [6.07, 6.45) is 2.01. The second-order valence-electron chi connectivity index (χ2n) is 7.13. The van der Waals surface area contributed by atoms with Crippen LogP contribution in [-0.2, 0) is 17.8 Å². The lowest BCUT2D eigenvalue weighted by molar-refractivity contribution is -0.131. The standard InChI is InChI=1S/C23H25N5O3/c1-16(29)31-20-15-24-21(27-22(20)28(2)3)13-17-9-11-19(12-10-17)26-23(30)25-14-18-7-5-4-6-8-18/h4-12,15H,13-14H2,1-3H3,(H2,25,26,30). The molecule has 0 radical (unpaired) electrons. The maximum atomic E-state index is 12.1. The van der Waals surface area contributed by atoms with Gasteiger partial charge in [0.05, 0.1) is 6.20 Å². The molecule has 8 nitrogen and oxygen atoms in total. The highest BCUT2D eigenvalue weighted by Crippen LogP contribution is 2.24. The molecule has 0 bridgehead atoms. The summed E-state index contributed by atoms with van der Waals surface area (Å²) in [4.78, 5) is 33.9.